The van der Waals surface area contributed by atoms with Crippen LogP contribution in [0.5, 0.6) is 0 Å². The predicted molar refractivity (Wildman–Crippen MR) is 142 cm³/mol. The summed E-state index contributed by atoms with van der Waals surface area (Å²) in [4.78, 5) is 27.8. The SMILES string of the molecule is CCCCN(C(=O)c1ccc(NC(=O)Cc2ccc(S(=O)(=O)CC3CC3)cc2)cc1)C1NCCS1.[HH]. The fraction of sp³-hybridized carbons (Fsp3) is 0.462. The van der Waals surface area contributed by atoms with Crippen LogP contribution in [0, 0.1) is 5.92 Å². The van der Waals surface area contributed by atoms with Gasteiger partial charge in [0, 0.05) is 31.5 Å². The van der Waals surface area contributed by atoms with Crippen molar-refractivity contribution in [3.8, 4) is 0 Å². The number of anilines is 1. The van der Waals surface area contributed by atoms with Crippen molar-refractivity contribution in [2.45, 2.75) is 49.4 Å². The second kappa shape index (κ2) is 11.6. The lowest BCUT2D eigenvalue weighted by molar-refractivity contribution is -0.115. The van der Waals surface area contributed by atoms with Crippen LogP contribution in [0.1, 0.15) is 50.0 Å². The maximum Gasteiger partial charge on any atom is 0.255 e. The first kappa shape index (κ1) is 25.7. The van der Waals surface area contributed by atoms with Gasteiger partial charge in [0.1, 0.15) is 5.50 Å². The zero-order chi connectivity index (χ0) is 24.8. The number of sulfone groups is 1. The summed E-state index contributed by atoms with van der Waals surface area (Å²) in [7, 11) is -3.26. The van der Waals surface area contributed by atoms with Crippen LogP contribution in [0.4, 0.5) is 5.69 Å². The molecule has 1 saturated carbocycles. The summed E-state index contributed by atoms with van der Waals surface area (Å²) in [6.45, 7) is 3.72. The molecule has 0 spiro atoms. The fourth-order valence-corrected chi connectivity index (χ4v) is 6.80. The monoisotopic (exact) mass is 517 g/mol. The third-order valence-electron chi connectivity index (χ3n) is 6.21. The summed E-state index contributed by atoms with van der Waals surface area (Å²) in [5.74, 6) is 1.28. The second-order valence-electron chi connectivity index (χ2n) is 9.20. The lowest BCUT2D eigenvalue weighted by Gasteiger charge is -2.28. The number of benzene rings is 2. The number of thioether (sulfide) groups is 1. The van der Waals surface area contributed by atoms with E-state index in [0.717, 1.165) is 43.5 Å². The maximum atomic E-state index is 13.1. The van der Waals surface area contributed by atoms with Gasteiger partial charge >= 0.3 is 0 Å². The van der Waals surface area contributed by atoms with Gasteiger partial charge in [-0.2, -0.15) is 0 Å². The van der Waals surface area contributed by atoms with Gasteiger partial charge in [0.2, 0.25) is 5.91 Å². The van der Waals surface area contributed by atoms with Crippen LogP contribution in [-0.2, 0) is 21.1 Å². The Morgan fingerprint density at radius 3 is 2.43 bits per heavy atom. The van der Waals surface area contributed by atoms with Crippen molar-refractivity contribution in [1.29, 1.82) is 0 Å². The van der Waals surface area contributed by atoms with Gasteiger partial charge in [-0.25, -0.2) is 8.42 Å². The molecular formula is C26H35N3O4S2. The molecule has 2 aromatic rings. The lowest BCUT2D eigenvalue weighted by atomic mass is 10.1. The lowest BCUT2D eigenvalue weighted by Crippen LogP contribution is -2.44. The highest BCUT2D eigenvalue weighted by Crippen LogP contribution is 2.32. The minimum atomic E-state index is -3.26. The molecule has 0 bridgehead atoms. The van der Waals surface area contributed by atoms with Gasteiger partial charge < -0.3 is 10.2 Å². The number of carbonyl (C=O) groups is 2. The second-order valence-corrected chi connectivity index (χ2v) is 12.4. The average Bonchev–Trinajstić information content (AvgIpc) is 3.47. The number of nitrogens with zero attached hydrogens (tertiary/aromatic N) is 1. The van der Waals surface area contributed by atoms with Crippen molar-refractivity contribution in [2.24, 2.45) is 5.92 Å². The molecule has 2 aliphatic rings. The third kappa shape index (κ3) is 7.08. The Balaban J connectivity index is 0.00000361. The van der Waals surface area contributed by atoms with Gasteiger partial charge in [0.15, 0.2) is 9.84 Å². The number of hydrogen-bond acceptors (Lipinski definition) is 6. The van der Waals surface area contributed by atoms with E-state index in [2.05, 4.69) is 17.6 Å². The summed E-state index contributed by atoms with van der Waals surface area (Å²) >= 11 is 1.75. The molecule has 2 N–H and O–H groups in total. The standard InChI is InChI=1S/C26H33N3O4S2.H2/c1-2-3-15-29(26-27-14-16-34-26)25(31)21-8-10-22(11-9-21)28-24(30)17-19-6-12-23(13-7-19)35(32,33)18-20-4-5-20;/h6-13,20,26-27H,2-5,14-18H2,1H3,(H,28,30);1H. The maximum absolute atomic E-state index is 13.1. The molecule has 2 aromatic carbocycles. The van der Waals surface area contributed by atoms with Crippen molar-refractivity contribution in [1.82, 2.24) is 10.2 Å². The zero-order valence-electron chi connectivity index (χ0n) is 20.0. The highest BCUT2D eigenvalue weighted by molar-refractivity contribution is 8.00. The number of carbonyl (C=O) groups excluding carboxylic acids is 2. The highest BCUT2D eigenvalue weighted by atomic mass is 32.2. The molecule has 4 rings (SSSR count). The average molecular weight is 518 g/mol. The normalized spacial score (nSPS) is 17.8. The third-order valence-corrected chi connectivity index (χ3v) is 9.29. The Morgan fingerprint density at radius 2 is 1.83 bits per heavy atom. The van der Waals surface area contributed by atoms with E-state index in [4.69, 9.17) is 0 Å². The molecule has 1 atom stereocenters. The molecule has 190 valence electrons. The highest BCUT2D eigenvalue weighted by Gasteiger charge is 2.29. The van der Waals surface area contributed by atoms with E-state index in [1.807, 2.05) is 4.90 Å². The van der Waals surface area contributed by atoms with Crippen LogP contribution in [0.25, 0.3) is 0 Å². The van der Waals surface area contributed by atoms with Gasteiger partial charge in [-0.05, 0) is 67.1 Å². The van der Waals surface area contributed by atoms with Gasteiger partial charge in [-0.15, -0.1) is 11.8 Å². The zero-order valence-corrected chi connectivity index (χ0v) is 21.7. The van der Waals surface area contributed by atoms with Crippen molar-refractivity contribution in [2.75, 3.05) is 29.9 Å². The van der Waals surface area contributed by atoms with Crippen LogP contribution in [0.3, 0.4) is 0 Å². The van der Waals surface area contributed by atoms with Crippen molar-refractivity contribution >= 4 is 39.1 Å². The van der Waals surface area contributed by atoms with Gasteiger partial charge in [-0.3, -0.25) is 14.9 Å². The molecule has 2 fully saturated rings. The van der Waals surface area contributed by atoms with Gasteiger partial charge in [0.05, 0.1) is 17.1 Å². The van der Waals surface area contributed by atoms with Crippen LogP contribution in [0.15, 0.2) is 53.4 Å². The van der Waals surface area contributed by atoms with E-state index < -0.39 is 9.84 Å². The molecule has 1 heterocycles. The van der Waals surface area contributed by atoms with E-state index in [1.54, 1.807) is 60.3 Å². The smallest absolute Gasteiger partial charge is 0.255 e. The molecule has 1 unspecified atom stereocenters. The molecule has 0 radical (unpaired) electrons. The molecule has 1 aliphatic heterocycles. The molecule has 1 saturated heterocycles. The van der Waals surface area contributed by atoms with Crippen LogP contribution >= 0.6 is 11.8 Å². The number of amides is 2. The molecular weight excluding hydrogens is 482 g/mol. The molecule has 35 heavy (non-hydrogen) atoms. The largest absolute Gasteiger partial charge is 0.326 e. The number of nitrogens with one attached hydrogen (secondary N) is 2. The molecule has 0 aromatic heterocycles. The summed E-state index contributed by atoms with van der Waals surface area (Å²) < 4.78 is 24.8. The quantitative estimate of drug-likeness (QED) is 0.465. The molecule has 2 amide bonds. The molecule has 1 aliphatic carbocycles. The summed E-state index contributed by atoms with van der Waals surface area (Å²) in [5, 5.41) is 6.23. The van der Waals surface area contributed by atoms with Gasteiger partial charge in [-0.1, -0.05) is 25.5 Å². The van der Waals surface area contributed by atoms with E-state index in [1.165, 1.54) is 0 Å². The minimum absolute atomic E-state index is 0. The summed E-state index contributed by atoms with van der Waals surface area (Å²) in [6.07, 6.45) is 4.08. The van der Waals surface area contributed by atoms with E-state index >= 15 is 0 Å². The van der Waals surface area contributed by atoms with Crippen molar-refractivity contribution in [3.05, 3.63) is 59.7 Å². The Bertz CT molecular complexity index is 1130. The van der Waals surface area contributed by atoms with Crippen LogP contribution in [0.2, 0.25) is 0 Å². The van der Waals surface area contributed by atoms with Crippen LogP contribution in [-0.4, -0.2) is 55.2 Å². The molecule has 9 heteroatoms. The number of hydrogen-bond donors (Lipinski definition) is 2. The Morgan fingerprint density at radius 1 is 1.11 bits per heavy atom. The van der Waals surface area contributed by atoms with E-state index in [-0.39, 0.29) is 30.9 Å². The Labute approximate surface area is 213 Å². The molecule has 7 nitrogen and oxygen atoms in total. The number of rotatable bonds is 11. The van der Waals surface area contributed by atoms with E-state index in [0.29, 0.717) is 28.6 Å². The topological polar surface area (TPSA) is 95.6 Å². The fourth-order valence-electron chi connectivity index (χ4n) is 4.02. The predicted octanol–water partition coefficient (Wildman–Crippen LogP) is 4.16. The Hall–Kier alpha value is -2.36. The first-order chi connectivity index (χ1) is 16.9. The van der Waals surface area contributed by atoms with Crippen LogP contribution < -0.4 is 10.6 Å². The minimum Gasteiger partial charge on any atom is -0.326 e. The first-order valence-corrected chi connectivity index (χ1v) is 14.9. The summed E-state index contributed by atoms with van der Waals surface area (Å²) in [5.41, 5.74) is 1.95. The number of unbranched alkanes of at least 4 members (excludes halogenated alkanes) is 1. The first-order valence-electron chi connectivity index (χ1n) is 12.2. The van der Waals surface area contributed by atoms with Crippen molar-refractivity contribution < 1.29 is 19.4 Å². The van der Waals surface area contributed by atoms with E-state index in [9.17, 15) is 18.0 Å². The summed E-state index contributed by atoms with van der Waals surface area (Å²) in [6, 6.07) is 13.5. The Kier molecular flexibility index (Phi) is 8.51. The van der Waals surface area contributed by atoms with Gasteiger partial charge in [0.25, 0.3) is 5.91 Å². The van der Waals surface area contributed by atoms with Crippen molar-refractivity contribution in [3.63, 3.8) is 0 Å².